The Balaban J connectivity index is 2.34. The molecule has 0 aromatic carbocycles. The van der Waals surface area contributed by atoms with E-state index in [1.165, 1.54) is 0 Å². The molecule has 17 heavy (non-hydrogen) atoms. The van der Waals surface area contributed by atoms with Crippen molar-refractivity contribution in [1.82, 2.24) is 19.2 Å². The highest BCUT2D eigenvalue weighted by molar-refractivity contribution is 5.46. The topological polar surface area (TPSA) is 64.2 Å². The van der Waals surface area contributed by atoms with Gasteiger partial charge in [-0.1, -0.05) is 13.8 Å². The normalized spacial score (nSPS) is 15.0. The van der Waals surface area contributed by atoms with Crippen LogP contribution in [0.15, 0.2) is 11.0 Å². The monoisotopic (exact) mass is 233 g/mol. The van der Waals surface area contributed by atoms with Gasteiger partial charge in [-0.05, 0) is 6.42 Å². The Morgan fingerprint density at radius 1 is 1.47 bits per heavy atom. The molecule has 0 radical (unpaired) electrons. The van der Waals surface area contributed by atoms with E-state index >= 15 is 0 Å². The fraction of sp³-hybridized carbons (Fsp3) is 0.545. The summed E-state index contributed by atoms with van der Waals surface area (Å²) in [5, 5.41) is 7.62. The molecular weight excluding hydrogens is 218 g/mol. The number of hydrogen-bond donors (Lipinski definition) is 1. The summed E-state index contributed by atoms with van der Waals surface area (Å²) in [4.78, 5) is 16.5. The summed E-state index contributed by atoms with van der Waals surface area (Å²) < 4.78 is 3.35. The number of imidazole rings is 1. The van der Waals surface area contributed by atoms with Crippen LogP contribution in [0, 0.1) is 0 Å². The van der Waals surface area contributed by atoms with Crippen molar-refractivity contribution in [1.29, 1.82) is 0 Å². The summed E-state index contributed by atoms with van der Waals surface area (Å²) in [5.41, 5.74) is 0.544. The highest BCUT2D eigenvalue weighted by Gasteiger charge is 2.17. The van der Waals surface area contributed by atoms with E-state index in [4.69, 9.17) is 0 Å². The SMILES string of the molecule is CC(C)c1ncc2c(=O)n3c(nn12)NCCC3. The molecule has 3 heterocycles. The van der Waals surface area contributed by atoms with Crippen LogP contribution in [0.1, 0.15) is 32.0 Å². The molecule has 0 amide bonds. The van der Waals surface area contributed by atoms with E-state index in [2.05, 4.69) is 15.4 Å². The highest BCUT2D eigenvalue weighted by atomic mass is 16.1. The van der Waals surface area contributed by atoms with E-state index in [1.807, 2.05) is 13.8 Å². The second-order valence-electron chi connectivity index (χ2n) is 4.63. The lowest BCUT2D eigenvalue weighted by Gasteiger charge is -2.18. The zero-order valence-electron chi connectivity index (χ0n) is 9.97. The molecule has 90 valence electrons. The largest absolute Gasteiger partial charge is 0.354 e. The molecule has 1 aliphatic rings. The van der Waals surface area contributed by atoms with Gasteiger partial charge in [-0.3, -0.25) is 9.36 Å². The Kier molecular flexibility index (Phi) is 2.17. The lowest BCUT2D eigenvalue weighted by Crippen LogP contribution is -2.32. The van der Waals surface area contributed by atoms with Gasteiger partial charge in [0.2, 0.25) is 5.95 Å². The van der Waals surface area contributed by atoms with Gasteiger partial charge < -0.3 is 5.32 Å². The van der Waals surface area contributed by atoms with Gasteiger partial charge in [-0.25, -0.2) is 9.50 Å². The van der Waals surface area contributed by atoms with E-state index in [9.17, 15) is 4.79 Å². The quantitative estimate of drug-likeness (QED) is 0.792. The van der Waals surface area contributed by atoms with Crippen molar-refractivity contribution in [3.8, 4) is 0 Å². The van der Waals surface area contributed by atoms with Gasteiger partial charge in [0.05, 0.1) is 6.20 Å². The first-order valence-electron chi connectivity index (χ1n) is 5.91. The number of fused-ring (bicyclic) bond motifs is 2. The third-order valence-electron chi connectivity index (χ3n) is 3.04. The molecule has 0 saturated carbocycles. The van der Waals surface area contributed by atoms with Gasteiger partial charge >= 0.3 is 0 Å². The van der Waals surface area contributed by atoms with Crippen molar-refractivity contribution in [2.75, 3.05) is 11.9 Å². The van der Waals surface area contributed by atoms with Gasteiger partial charge in [0.15, 0.2) is 5.52 Å². The second-order valence-corrected chi connectivity index (χ2v) is 4.63. The van der Waals surface area contributed by atoms with Crippen LogP contribution >= 0.6 is 0 Å². The highest BCUT2D eigenvalue weighted by Crippen LogP contribution is 2.15. The number of anilines is 1. The fourth-order valence-electron chi connectivity index (χ4n) is 2.16. The molecule has 0 aliphatic carbocycles. The molecule has 2 aromatic rings. The van der Waals surface area contributed by atoms with Crippen LogP contribution in [0.25, 0.3) is 5.52 Å². The first kappa shape index (κ1) is 10.3. The molecule has 0 fully saturated rings. The van der Waals surface area contributed by atoms with Gasteiger partial charge in [-0.2, -0.15) is 0 Å². The maximum absolute atomic E-state index is 12.2. The molecule has 0 spiro atoms. The van der Waals surface area contributed by atoms with Gasteiger partial charge in [-0.15, -0.1) is 5.10 Å². The Bertz CT molecular complexity index is 625. The minimum Gasteiger partial charge on any atom is -0.354 e. The first-order valence-corrected chi connectivity index (χ1v) is 5.91. The van der Waals surface area contributed by atoms with Crippen molar-refractivity contribution < 1.29 is 0 Å². The molecule has 0 bridgehead atoms. The third kappa shape index (κ3) is 1.44. The lowest BCUT2D eigenvalue weighted by molar-refractivity contribution is 0.578. The van der Waals surface area contributed by atoms with Crippen LogP contribution in [0.2, 0.25) is 0 Å². The average molecular weight is 233 g/mol. The third-order valence-corrected chi connectivity index (χ3v) is 3.04. The smallest absolute Gasteiger partial charge is 0.280 e. The number of aromatic nitrogens is 4. The maximum atomic E-state index is 12.2. The van der Waals surface area contributed by atoms with E-state index in [0.717, 1.165) is 25.3 Å². The fourth-order valence-corrected chi connectivity index (χ4v) is 2.16. The van der Waals surface area contributed by atoms with Crippen LogP contribution in [0.4, 0.5) is 5.95 Å². The van der Waals surface area contributed by atoms with Gasteiger partial charge in [0.1, 0.15) is 5.82 Å². The maximum Gasteiger partial charge on any atom is 0.280 e. The zero-order valence-corrected chi connectivity index (χ0v) is 9.97. The van der Waals surface area contributed by atoms with Crippen molar-refractivity contribution in [2.24, 2.45) is 0 Å². The van der Waals surface area contributed by atoms with Crippen LogP contribution in [-0.2, 0) is 6.54 Å². The van der Waals surface area contributed by atoms with Crippen LogP contribution < -0.4 is 10.9 Å². The van der Waals surface area contributed by atoms with Crippen LogP contribution in [0.5, 0.6) is 0 Å². The summed E-state index contributed by atoms with van der Waals surface area (Å²) in [6.07, 6.45) is 2.57. The average Bonchev–Trinajstić information content (AvgIpc) is 2.73. The number of nitrogens with zero attached hydrogens (tertiary/aromatic N) is 4. The minimum absolute atomic E-state index is 0.0124. The predicted octanol–water partition coefficient (Wildman–Crippen LogP) is 0.830. The molecule has 0 unspecified atom stereocenters. The van der Waals surface area contributed by atoms with Crippen molar-refractivity contribution >= 4 is 11.5 Å². The van der Waals surface area contributed by atoms with Crippen LogP contribution in [-0.4, -0.2) is 25.7 Å². The number of nitrogens with one attached hydrogen (secondary N) is 1. The Morgan fingerprint density at radius 3 is 3.06 bits per heavy atom. The predicted molar refractivity (Wildman–Crippen MR) is 64.4 cm³/mol. The lowest BCUT2D eigenvalue weighted by atomic mass is 10.2. The van der Waals surface area contributed by atoms with E-state index in [0.29, 0.717) is 11.5 Å². The summed E-state index contributed by atoms with van der Waals surface area (Å²) in [6.45, 7) is 5.68. The van der Waals surface area contributed by atoms with Crippen molar-refractivity contribution in [2.45, 2.75) is 32.7 Å². The molecule has 3 rings (SSSR count). The summed E-state index contributed by atoms with van der Waals surface area (Å²) >= 11 is 0. The molecule has 2 aromatic heterocycles. The van der Waals surface area contributed by atoms with Crippen molar-refractivity contribution in [3.63, 3.8) is 0 Å². The molecule has 6 heteroatoms. The molecule has 0 saturated heterocycles. The van der Waals surface area contributed by atoms with E-state index in [1.54, 1.807) is 15.3 Å². The Labute approximate surface area is 98.3 Å². The molecular formula is C11H15N5O. The standard InChI is InChI=1S/C11H15N5O/c1-7(2)9-13-6-8-10(17)15-5-3-4-12-11(15)14-16(8)9/h6-7H,3-5H2,1-2H3,(H,12,14). The van der Waals surface area contributed by atoms with Gasteiger partial charge in [0, 0.05) is 19.0 Å². The minimum atomic E-state index is -0.0124. The first-order chi connectivity index (χ1) is 8.18. The van der Waals surface area contributed by atoms with Crippen LogP contribution in [0.3, 0.4) is 0 Å². The molecule has 1 aliphatic heterocycles. The number of rotatable bonds is 1. The summed E-state index contributed by atoms with van der Waals surface area (Å²) in [6, 6.07) is 0. The Hall–Kier alpha value is -1.85. The summed E-state index contributed by atoms with van der Waals surface area (Å²) in [7, 11) is 0. The Morgan fingerprint density at radius 2 is 2.29 bits per heavy atom. The van der Waals surface area contributed by atoms with Crippen molar-refractivity contribution in [3.05, 3.63) is 22.4 Å². The van der Waals surface area contributed by atoms with E-state index in [-0.39, 0.29) is 11.5 Å². The van der Waals surface area contributed by atoms with E-state index < -0.39 is 0 Å². The molecule has 0 atom stereocenters. The second kappa shape index (κ2) is 3.58. The van der Waals surface area contributed by atoms with Gasteiger partial charge in [0.25, 0.3) is 5.56 Å². The molecule has 6 nitrogen and oxygen atoms in total. The molecule has 1 N–H and O–H groups in total. The number of hydrogen-bond acceptors (Lipinski definition) is 4. The zero-order chi connectivity index (χ0) is 12.0. The summed E-state index contributed by atoms with van der Waals surface area (Å²) in [5.74, 6) is 1.72.